The molecular weight excluding hydrogens is 136 g/mol. The van der Waals surface area contributed by atoms with Crippen LogP contribution in [0.1, 0.15) is 6.92 Å². The van der Waals surface area contributed by atoms with Crippen LogP contribution in [0.25, 0.3) is 0 Å². The summed E-state index contributed by atoms with van der Waals surface area (Å²) < 4.78 is 14.3. The largest absolute Gasteiger partial charge is 0.452 e. The number of nitrogens with zero attached hydrogens (tertiary/aromatic N) is 2. The molecule has 0 saturated heterocycles. The van der Waals surface area contributed by atoms with E-state index in [9.17, 15) is 0 Å². The first-order valence-corrected chi connectivity index (χ1v) is 2.87. The van der Waals surface area contributed by atoms with Crippen LogP contribution in [0.4, 0.5) is 0 Å². The fraction of sp³-hybridized carbons (Fsp3) is 0.600. The van der Waals surface area contributed by atoms with E-state index < -0.39 is 0 Å². The Labute approximate surface area is 58.0 Å². The first-order valence-electron chi connectivity index (χ1n) is 2.87. The lowest BCUT2D eigenvalue weighted by molar-refractivity contribution is 0.210. The highest BCUT2D eigenvalue weighted by Crippen LogP contribution is 2.12. The van der Waals surface area contributed by atoms with Crippen LogP contribution in [0.2, 0.25) is 0 Å². The minimum atomic E-state index is 0.114. The van der Waals surface area contributed by atoms with E-state index in [0.29, 0.717) is 6.61 Å². The summed E-state index contributed by atoms with van der Waals surface area (Å²) in [7, 11) is 1.45. The molecule has 0 aliphatic heterocycles. The molecule has 0 fully saturated rings. The Kier molecular flexibility index (Phi) is 2.09. The molecule has 0 unspecified atom stereocenters. The molecule has 0 aliphatic rings. The van der Waals surface area contributed by atoms with Crippen LogP contribution in [0.15, 0.2) is 4.42 Å². The van der Waals surface area contributed by atoms with Gasteiger partial charge in [-0.3, -0.25) is 0 Å². The first-order chi connectivity index (χ1) is 4.86. The Balaban J connectivity index is 2.59. The molecule has 0 atom stereocenters. The van der Waals surface area contributed by atoms with Gasteiger partial charge in [0.15, 0.2) is 0 Å². The molecule has 5 nitrogen and oxygen atoms in total. The van der Waals surface area contributed by atoms with Crippen LogP contribution in [0.3, 0.4) is 0 Å². The molecule has 0 saturated carbocycles. The van der Waals surface area contributed by atoms with Crippen molar-refractivity contribution in [1.29, 1.82) is 0 Å². The molecule has 56 valence electrons. The lowest BCUT2D eigenvalue weighted by atomic mass is 10.9. The van der Waals surface area contributed by atoms with E-state index in [2.05, 4.69) is 14.9 Å². The van der Waals surface area contributed by atoms with Gasteiger partial charge in [0.05, 0.1) is 13.7 Å². The highest BCUT2D eigenvalue weighted by Gasteiger charge is 2.03. The summed E-state index contributed by atoms with van der Waals surface area (Å²) in [6, 6.07) is 0. The van der Waals surface area contributed by atoms with Crippen molar-refractivity contribution in [3.8, 4) is 12.2 Å². The van der Waals surface area contributed by atoms with E-state index in [-0.39, 0.29) is 12.2 Å². The minimum Gasteiger partial charge on any atom is -0.452 e. The van der Waals surface area contributed by atoms with Gasteiger partial charge in [-0.1, -0.05) is 10.2 Å². The summed E-state index contributed by atoms with van der Waals surface area (Å²) in [5.74, 6) is 0. The van der Waals surface area contributed by atoms with Crippen molar-refractivity contribution in [3.63, 3.8) is 0 Å². The first kappa shape index (κ1) is 6.85. The van der Waals surface area contributed by atoms with Gasteiger partial charge in [-0.05, 0) is 6.92 Å². The maximum atomic E-state index is 4.87. The summed E-state index contributed by atoms with van der Waals surface area (Å²) in [4.78, 5) is 0. The van der Waals surface area contributed by atoms with Crippen LogP contribution in [-0.4, -0.2) is 23.9 Å². The molecule has 0 amide bonds. The van der Waals surface area contributed by atoms with Crippen molar-refractivity contribution < 1.29 is 13.9 Å². The summed E-state index contributed by atoms with van der Waals surface area (Å²) in [6.07, 6.45) is 0.253. The van der Waals surface area contributed by atoms with Gasteiger partial charge in [0.25, 0.3) is 0 Å². The average molecular weight is 144 g/mol. The highest BCUT2D eigenvalue weighted by molar-refractivity contribution is 4.88. The predicted molar refractivity (Wildman–Crippen MR) is 32.0 cm³/mol. The smallest absolute Gasteiger partial charge is 0.417 e. The van der Waals surface area contributed by atoms with Crippen molar-refractivity contribution in [2.45, 2.75) is 6.92 Å². The van der Waals surface area contributed by atoms with Gasteiger partial charge < -0.3 is 13.9 Å². The topological polar surface area (TPSA) is 57.4 Å². The van der Waals surface area contributed by atoms with Gasteiger partial charge in [-0.2, -0.15) is 0 Å². The van der Waals surface area contributed by atoms with E-state index >= 15 is 0 Å². The van der Waals surface area contributed by atoms with Crippen LogP contribution in [0, 0.1) is 0 Å². The molecule has 0 spiro atoms. The Morgan fingerprint density at radius 1 is 1.40 bits per heavy atom. The van der Waals surface area contributed by atoms with Gasteiger partial charge in [0.1, 0.15) is 0 Å². The van der Waals surface area contributed by atoms with E-state index in [0.717, 1.165) is 0 Å². The van der Waals surface area contributed by atoms with Crippen LogP contribution in [-0.2, 0) is 0 Å². The third-order valence-corrected chi connectivity index (χ3v) is 0.830. The molecule has 0 radical (unpaired) electrons. The van der Waals surface area contributed by atoms with Gasteiger partial charge in [0.2, 0.25) is 0 Å². The van der Waals surface area contributed by atoms with E-state index in [1.807, 2.05) is 6.92 Å². The van der Waals surface area contributed by atoms with Gasteiger partial charge in [-0.25, -0.2) is 0 Å². The Morgan fingerprint density at radius 2 is 2.10 bits per heavy atom. The second-order valence-electron chi connectivity index (χ2n) is 1.47. The third-order valence-electron chi connectivity index (χ3n) is 0.830. The zero-order chi connectivity index (χ0) is 7.40. The van der Waals surface area contributed by atoms with Crippen molar-refractivity contribution in [2.24, 2.45) is 0 Å². The maximum absolute atomic E-state index is 4.87. The normalized spacial score (nSPS) is 9.40. The number of hydrogen-bond donors (Lipinski definition) is 0. The van der Waals surface area contributed by atoms with Crippen molar-refractivity contribution in [3.05, 3.63) is 0 Å². The predicted octanol–water partition coefficient (Wildman–Crippen LogP) is 0.477. The standard InChI is InChI=1S/C5H8N2O3/c1-3-9-5-7-6-4(8-2)10-5/h3H2,1-2H3. The Bertz CT molecular complexity index is 199. The number of aromatic nitrogens is 2. The molecule has 5 heteroatoms. The van der Waals surface area contributed by atoms with Crippen molar-refractivity contribution >= 4 is 0 Å². The number of methoxy groups -OCH3 is 1. The number of rotatable bonds is 3. The van der Waals surface area contributed by atoms with E-state index in [1.54, 1.807) is 0 Å². The van der Waals surface area contributed by atoms with Crippen LogP contribution in [0.5, 0.6) is 12.2 Å². The molecule has 0 N–H and O–H groups in total. The highest BCUT2D eigenvalue weighted by atomic mass is 16.7. The molecule has 0 bridgehead atoms. The zero-order valence-electron chi connectivity index (χ0n) is 5.83. The number of hydrogen-bond acceptors (Lipinski definition) is 5. The molecule has 0 aliphatic carbocycles. The SMILES string of the molecule is CCOc1nnc(OC)o1. The fourth-order valence-corrected chi connectivity index (χ4v) is 0.461. The third kappa shape index (κ3) is 1.37. The average Bonchev–Trinajstić information content (AvgIpc) is 2.37. The van der Waals surface area contributed by atoms with Crippen molar-refractivity contribution in [1.82, 2.24) is 10.2 Å². The Morgan fingerprint density at radius 3 is 2.60 bits per heavy atom. The summed E-state index contributed by atoms with van der Waals surface area (Å²) in [6.45, 7) is 2.34. The van der Waals surface area contributed by atoms with Crippen LogP contribution >= 0.6 is 0 Å². The second-order valence-corrected chi connectivity index (χ2v) is 1.47. The molecule has 1 aromatic rings. The molecule has 1 rings (SSSR count). The summed E-state index contributed by atoms with van der Waals surface area (Å²) in [5, 5.41) is 7.00. The van der Waals surface area contributed by atoms with E-state index in [1.165, 1.54) is 7.11 Å². The molecule has 1 aromatic heterocycles. The summed E-state index contributed by atoms with van der Waals surface area (Å²) >= 11 is 0. The second kappa shape index (κ2) is 3.05. The monoisotopic (exact) mass is 144 g/mol. The molecular formula is C5H8N2O3. The van der Waals surface area contributed by atoms with E-state index in [4.69, 9.17) is 9.15 Å². The maximum Gasteiger partial charge on any atom is 0.417 e. The van der Waals surface area contributed by atoms with Crippen LogP contribution < -0.4 is 9.47 Å². The van der Waals surface area contributed by atoms with Gasteiger partial charge >= 0.3 is 12.2 Å². The summed E-state index contributed by atoms with van der Waals surface area (Å²) in [5.41, 5.74) is 0. The molecule has 10 heavy (non-hydrogen) atoms. The lowest BCUT2D eigenvalue weighted by Gasteiger charge is -1.90. The Hall–Kier alpha value is -1.26. The quantitative estimate of drug-likeness (QED) is 0.617. The molecule has 1 heterocycles. The fourth-order valence-electron chi connectivity index (χ4n) is 0.461. The van der Waals surface area contributed by atoms with Gasteiger partial charge in [0, 0.05) is 0 Å². The van der Waals surface area contributed by atoms with Crippen molar-refractivity contribution in [2.75, 3.05) is 13.7 Å². The molecule has 0 aromatic carbocycles. The zero-order valence-corrected chi connectivity index (χ0v) is 5.83. The lowest BCUT2D eigenvalue weighted by Crippen LogP contribution is -1.90. The minimum absolute atomic E-state index is 0.114. The number of ether oxygens (including phenoxy) is 2. The van der Waals surface area contributed by atoms with Gasteiger partial charge in [-0.15, -0.1) is 0 Å².